The van der Waals surface area contributed by atoms with Gasteiger partial charge in [0.25, 0.3) is 0 Å². The quantitative estimate of drug-likeness (QED) is 0.791. The number of benzene rings is 1. The van der Waals surface area contributed by atoms with Crippen molar-refractivity contribution in [2.24, 2.45) is 5.73 Å². The van der Waals surface area contributed by atoms with E-state index in [0.29, 0.717) is 6.54 Å². The Bertz CT molecular complexity index is 294. The van der Waals surface area contributed by atoms with Crippen LogP contribution >= 0.6 is 0 Å². The molecule has 1 aromatic carbocycles. The van der Waals surface area contributed by atoms with Gasteiger partial charge in [-0.1, -0.05) is 6.07 Å². The fraction of sp³-hybridized carbons (Fsp3) is 0.500. The molecule has 0 saturated carbocycles. The van der Waals surface area contributed by atoms with Gasteiger partial charge in [0, 0.05) is 25.3 Å². The SMILES string of the molecule is CCN(CCN)c1ccc(C)c(C)c1. The second-order valence-corrected chi connectivity index (χ2v) is 3.64. The third-order valence-electron chi connectivity index (χ3n) is 2.64. The van der Waals surface area contributed by atoms with Crippen LogP contribution in [0.3, 0.4) is 0 Å². The van der Waals surface area contributed by atoms with Crippen molar-refractivity contribution >= 4 is 5.69 Å². The van der Waals surface area contributed by atoms with Crippen LogP contribution in [0.15, 0.2) is 18.2 Å². The fourth-order valence-corrected chi connectivity index (χ4v) is 1.55. The summed E-state index contributed by atoms with van der Waals surface area (Å²) in [6.07, 6.45) is 0. The van der Waals surface area contributed by atoms with Crippen molar-refractivity contribution in [3.8, 4) is 0 Å². The van der Waals surface area contributed by atoms with E-state index in [4.69, 9.17) is 5.73 Å². The average molecular weight is 192 g/mol. The molecule has 0 bridgehead atoms. The number of nitrogens with zero attached hydrogens (tertiary/aromatic N) is 1. The van der Waals surface area contributed by atoms with Crippen molar-refractivity contribution in [2.45, 2.75) is 20.8 Å². The van der Waals surface area contributed by atoms with E-state index in [1.54, 1.807) is 0 Å². The zero-order chi connectivity index (χ0) is 10.6. The highest BCUT2D eigenvalue weighted by Gasteiger charge is 2.03. The lowest BCUT2D eigenvalue weighted by molar-refractivity contribution is 0.816. The molecule has 2 nitrogen and oxygen atoms in total. The Kier molecular flexibility index (Phi) is 3.96. The zero-order valence-corrected chi connectivity index (χ0v) is 9.38. The van der Waals surface area contributed by atoms with Gasteiger partial charge in [-0.25, -0.2) is 0 Å². The summed E-state index contributed by atoms with van der Waals surface area (Å²) >= 11 is 0. The minimum atomic E-state index is 0.709. The lowest BCUT2D eigenvalue weighted by atomic mass is 10.1. The van der Waals surface area contributed by atoms with Crippen LogP contribution in [0.5, 0.6) is 0 Å². The van der Waals surface area contributed by atoms with Gasteiger partial charge < -0.3 is 10.6 Å². The Labute approximate surface area is 86.7 Å². The van der Waals surface area contributed by atoms with E-state index in [9.17, 15) is 0 Å². The van der Waals surface area contributed by atoms with Gasteiger partial charge in [-0.3, -0.25) is 0 Å². The van der Waals surface area contributed by atoms with Crippen molar-refractivity contribution in [1.82, 2.24) is 0 Å². The van der Waals surface area contributed by atoms with Crippen LogP contribution in [0.4, 0.5) is 5.69 Å². The topological polar surface area (TPSA) is 29.3 Å². The highest BCUT2D eigenvalue weighted by atomic mass is 15.1. The molecule has 0 atom stereocenters. The lowest BCUT2D eigenvalue weighted by Gasteiger charge is -2.23. The van der Waals surface area contributed by atoms with E-state index in [-0.39, 0.29) is 0 Å². The van der Waals surface area contributed by atoms with Crippen molar-refractivity contribution < 1.29 is 0 Å². The number of likely N-dealkylation sites (N-methyl/N-ethyl adjacent to an activating group) is 1. The first-order chi connectivity index (χ1) is 6.69. The Morgan fingerprint density at radius 3 is 2.43 bits per heavy atom. The van der Waals surface area contributed by atoms with Crippen molar-refractivity contribution in [2.75, 3.05) is 24.5 Å². The van der Waals surface area contributed by atoms with E-state index in [0.717, 1.165) is 13.1 Å². The molecule has 0 unspecified atom stereocenters. The molecule has 0 radical (unpaired) electrons. The third kappa shape index (κ3) is 2.48. The van der Waals surface area contributed by atoms with Crippen LogP contribution in [-0.4, -0.2) is 19.6 Å². The minimum absolute atomic E-state index is 0.709. The summed E-state index contributed by atoms with van der Waals surface area (Å²) in [5.41, 5.74) is 9.54. The summed E-state index contributed by atoms with van der Waals surface area (Å²) in [7, 11) is 0. The molecular formula is C12H20N2. The normalized spacial score (nSPS) is 10.3. The lowest BCUT2D eigenvalue weighted by Crippen LogP contribution is -2.29. The summed E-state index contributed by atoms with van der Waals surface area (Å²) in [6, 6.07) is 6.57. The van der Waals surface area contributed by atoms with E-state index in [1.807, 2.05) is 0 Å². The van der Waals surface area contributed by atoms with E-state index in [1.165, 1.54) is 16.8 Å². The Balaban J connectivity index is 2.88. The first-order valence-corrected chi connectivity index (χ1v) is 5.21. The van der Waals surface area contributed by atoms with Gasteiger partial charge in [0.15, 0.2) is 0 Å². The Hall–Kier alpha value is -1.02. The maximum Gasteiger partial charge on any atom is 0.0369 e. The molecule has 2 N–H and O–H groups in total. The minimum Gasteiger partial charge on any atom is -0.371 e. The van der Waals surface area contributed by atoms with Gasteiger partial charge in [-0.2, -0.15) is 0 Å². The molecule has 0 aromatic heterocycles. The summed E-state index contributed by atoms with van der Waals surface area (Å²) in [5.74, 6) is 0. The number of rotatable bonds is 4. The highest BCUT2D eigenvalue weighted by molar-refractivity contribution is 5.50. The molecule has 0 heterocycles. The third-order valence-corrected chi connectivity index (χ3v) is 2.64. The average Bonchev–Trinajstić information content (AvgIpc) is 2.19. The molecule has 0 aliphatic rings. The van der Waals surface area contributed by atoms with Crippen LogP contribution in [0.25, 0.3) is 0 Å². The monoisotopic (exact) mass is 192 g/mol. The number of hydrogen-bond donors (Lipinski definition) is 1. The smallest absolute Gasteiger partial charge is 0.0369 e. The fourth-order valence-electron chi connectivity index (χ4n) is 1.55. The number of aryl methyl sites for hydroxylation is 2. The van der Waals surface area contributed by atoms with Crippen LogP contribution in [-0.2, 0) is 0 Å². The molecule has 0 saturated heterocycles. The maximum atomic E-state index is 5.57. The second-order valence-electron chi connectivity index (χ2n) is 3.64. The van der Waals surface area contributed by atoms with Gasteiger partial charge >= 0.3 is 0 Å². The summed E-state index contributed by atoms with van der Waals surface area (Å²) in [4.78, 5) is 2.30. The highest BCUT2D eigenvalue weighted by Crippen LogP contribution is 2.18. The Morgan fingerprint density at radius 2 is 1.93 bits per heavy atom. The van der Waals surface area contributed by atoms with Crippen LogP contribution in [0.2, 0.25) is 0 Å². The molecule has 0 fully saturated rings. The van der Waals surface area contributed by atoms with Crippen LogP contribution in [0.1, 0.15) is 18.1 Å². The van der Waals surface area contributed by atoms with Crippen LogP contribution < -0.4 is 10.6 Å². The molecular weight excluding hydrogens is 172 g/mol. The summed E-state index contributed by atoms with van der Waals surface area (Å²) < 4.78 is 0. The molecule has 1 rings (SSSR count). The molecule has 0 amide bonds. The number of anilines is 1. The Morgan fingerprint density at radius 1 is 1.21 bits per heavy atom. The van der Waals surface area contributed by atoms with Crippen molar-refractivity contribution in [3.05, 3.63) is 29.3 Å². The van der Waals surface area contributed by atoms with E-state index >= 15 is 0 Å². The summed E-state index contributed by atoms with van der Waals surface area (Å²) in [6.45, 7) is 9.10. The van der Waals surface area contributed by atoms with Gasteiger partial charge in [0.2, 0.25) is 0 Å². The first kappa shape index (κ1) is 11.1. The van der Waals surface area contributed by atoms with Gasteiger partial charge in [-0.15, -0.1) is 0 Å². The first-order valence-electron chi connectivity index (χ1n) is 5.21. The predicted octanol–water partition coefficient (Wildman–Crippen LogP) is 2.09. The standard InChI is InChI=1S/C12H20N2/c1-4-14(8-7-13)12-6-5-10(2)11(3)9-12/h5-6,9H,4,7-8,13H2,1-3H3. The molecule has 14 heavy (non-hydrogen) atoms. The molecule has 0 aliphatic heterocycles. The molecule has 2 heteroatoms. The summed E-state index contributed by atoms with van der Waals surface area (Å²) in [5, 5.41) is 0. The van der Waals surface area contributed by atoms with Crippen LogP contribution in [0, 0.1) is 13.8 Å². The molecule has 0 spiro atoms. The van der Waals surface area contributed by atoms with E-state index in [2.05, 4.69) is 43.9 Å². The van der Waals surface area contributed by atoms with Gasteiger partial charge in [0.1, 0.15) is 0 Å². The second kappa shape index (κ2) is 5.01. The molecule has 78 valence electrons. The predicted molar refractivity (Wildman–Crippen MR) is 62.9 cm³/mol. The van der Waals surface area contributed by atoms with Gasteiger partial charge in [-0.05, 0) is 44.0 Å². The van der Waals surface area contributed by atoms with E-state index < -0.39 is 0 Å². The molecule has 0 aliphatic carbocycles. The largest absolute Gasteiger partial charge is 0.371 e. The number of hydrogen-bond acceptors (Lipinski definition) is 2. The number of nitrogens with two attached hydrogens (primary N) is 1. The van der Waals surface area contributed by atoms with Crippen molar-refractivity contribution in [1.29, 1.82) is 0 Å². The molecule has 1 aromatic rings. The maximum absolute atomic E-state index is 5.57. The van der Waals surface area contributed by atoms with Gasteiger partial charge in [0.05, 0.1) is 0 Å². The van der Waals surface area contributed by atoms with Crippen molar-refractivity contribution in [3.63, 3.8) is 0 Å². The zero-order valence-electron chi connectivity index (χ0n) is 9.38.